The quantitative estimate of drug-likeness (QED) is 0.385. The van der Waals surface area contributed by atoms with Crippen LogP contribution in [-0.4, -0.2) is 0 Å². The monoisotopic (exact) mass is 412 g/mol. The summed E-state index contributed by atoms with van der Waals surface area (Å²) in [5.41, 5.74) is -1.88. The Balaban J connectivity index is 2.25. The summed E-state index contributed by atoms with van der Waals surface area (Å²) in [5, 5.41) is 0.767. The molecule has 0 saturated heterocycles. The van der Waals surface area contributed by atoms with E-state index in [-0.39, 0.29) is 51.8 Å². The van der Waals surface area contributed by atoms with E-state index in [4.69, 9.17) is 23.2 Å². The Bertz CT molecular complexity index is 1550. The van der Waals surface area contributed by atoms with Gasteiger partial charge in [-0.05, 0) is 12.1 Å². The van der Waals surface area contributed by atoms with E-state index in [1.807, 2.05) is 0 Å². The van der Waals surface area contributed by atoms with E-state index >= 15 is 0 Å². The van der Waals surface area contributed by atoms with E-state index < -0.39 is 21.7 Å². The lowest BCUT2D eigenvalue weighted by Gasteiger charge is -2.00. The fourth-order valence-corrected chi connectivity index (χ4v) is 5.28. The van der Waals surface area contributed by atoms with Crippen LogP contribution in [0.3, 0.4) is 0 Å². The van der Waals surface area contributed by atoms with Gasteiger partial charge in [0.05, 0.1) is 41.0 Å². The van der Waals surface area contributed by atoms with Crippen LogP contribution in [0, 0.1) is 0 Å². The molecule has 5 rings (SSSR count). The molecule has 0 aliphatic rings. The van der Waals surface area contributed by atoms with Crippen LogP contribution in [0.2, 0.25) is 10.0 Å². The van der Waals surface area contributed by atoms with Crippen LogP contribution in [0.1, 0.15) is 0 Å². The average Bonchev–Trinajstić information content (AvgIpc) is 3.05. The smallest absolute Gasteiger partial charge is 0.205 e. The van der Waals surface area contributed by atoms with Crippen LogP contribution in [0.15, 0.2) is 55.6 Å². The number of halogens is 2. The molecule has 0 fully saturated rings. The first-order valence-corrected chi connectivity index (χ1v) is 9.41. The third-order valence-corrected chi connectivity index (χ3v) is 6.56. The van der Waals surface area contributed by atoms with Crippen LogP contribution in [0.5, 0.6) is 0 Å². The molecule has 1 heterocycles. The minimum absolute atomic E-state index is 0.0151. The van der Waals surface area contributed by atoms with Crippen molar-refractivity contribution in [1.29, 1.82) is 0 Å². The van der Waals surface area contributed by atoms with Crippen molar-refractivity contribution in [2.45, 2.75) is 0 Å². The van der Waals surface area contributed by atoms with Gasteiger partial charge in [0, 0.05) is 10.8 Å². The van der Waals surface area contributed by atoms with Gasteiger partial charge in [0.1, 0.15) is 0 Å². The maximum atomic E-state index is 13.1. The van der Waals surface area contributed by atoms with Gasteiger partial charge in [0.15, 0.2) is 10.9 Å². The molecule has 27 heavy (non-hydrogen) atoms. The second-order valence-electron chi connectivity index (χ2n) is 6.15. The highest BCUT2D eigenvalue weighted by atomic mass is 35.5. The summed E-state index contributed by atoms with van der Waals surface area (Å²) >= 11 is 13.1. The zero-order chi connectivity index (χ0) is 19.0. The first-order chi connectivity index (χ1) is 12.9. The Hall–Kier alpha value is -2.60. The molecular formula is C20H6Cl2O4S. The molecule has 0 aliphatic heterocycles. The van der Waals surface area contributed by atoms with E-state index in [2.05, 4.69) is 0 Å². The lowest BCUT2D eigenvalue weighted by atomic mass is 10.0. The van der Waals surface area contributed by atoms with Crippen molar-refractivity contribution in [2.24, 2.45) is 0 Å². The van der Waals surface area contributed by atoms with Crippen molar-refractivity contribution < 1.29 is 0 Å². The van der Waals surface area contributed by atoms with Crippen molar-refractivity contribution in [3.63, 3.8) is 0 Å². The van der Waals surface area contributed by atoms with Crippen LogP contribution in [-0.2, 0) is 0 Å². The number of hydrogen-bond donors (Lipinski definition) is 0. The van der Waals surface area contributed by atoms with Gasteiger partial charge in [0.25, 0.3) is 0 Å². The second-order valence-corrected chi connectivity index (χ2v) is 7.99. The molecule has 0 radical (unpaired) electrons. The summed E-state index contributed by atoms with van der Waals surface area (Å²) in [4.78, 5) is 52.1. The van der Waals surface area contributed by atoms with Gasteiger partial charge < -0.3 is 0 Å². The zero-order valence-electron chi connectivity index (χ0n) is 13.3. The van der Waals surface area contributed by atoms with Crippen molar-refractivity contribution in [2.75, 3.05) is 0 Å². The lowest BCUT2D eigenvalue weighted by Crippen LogP contribution is -2.15. The number of fused-ring (bicyclic) bond motifs is 5. The van der Waals surface area contributed by atoms with E-state index in [0.29, 0.717) is 0 Å². The highest BCUT2D eigenvalue weighted by molar-refractivity contribution is 7.25. The second kappa shape index (κ2) is 5.45. The van der Waals surface area contributed by atoms with Crippen LogP contribution in [0.25, 0.3) is 41.7 Å². The SMILES string of the molecule is O=c1c2sc3c(=O)c4c(Cl)cccc4c(=O)c3c2c(=O)c2cccc(Cl)c12. The molecule has 0 unspecified atom stereocenters. The highest BCUT2D eigenvalue weighted by Crippen LogP contribution is 2.31. The minimum atomic E-state index is -0.480. The van der Waals surface area contributed by atoms with Gasteiger partial charge in [-0.1, -0.05) is 47.5 Å². The highest BCUT2D eigenvalue weighted by Gasteiger charge is 2.23. The predicted molar refractivity (Wildman–Crippen MR) is 112 cm³/mol. The largest absolute Gasteiger partial charge is 0.289 e. The molecule has 0 saturated carbocycles. The van der Waals surface area contributed by atoms with Crippen molar-refractivity contribution >= 4 is 76.3 Å². The Kier molecular flexibility index (Phi) is 3.35. The molecule has 130 valence electrons. The number of benzene rings is 4. The molecule has 4 aromatic carbocycles. The number of thiophene rings is 1. The Morgan fingerprint density at radius 3 is 1.37 bits per heavy atom. The van der Waals surface area contributed by atoms with Gasteiger partial charge in [-0.3, -0.25) is 19.2 Å². The summed E-state index contributed by atoms with van der Waals surface area (Å²) in [6, 6.07) is 9.17. The van der Waals surface area contributed by atoms with Crippen LogP contribution in [0.4, 0.5) is 0 Å². The number of rotatable bonds is 0. The van der Waals surface area contributed by atoms with E-state index in [1.165, 1.54) is 24.3 Å². The molecule has 0 spiro atoms. The van der Waals surface area contributed by atoms with Crippen LogP contribution < -0.4 is 21.7 Å². The zero-order valence-corrected chi connectivity index (χ0v) is 15.6. The van der Waals surface area contributed by atoms with Crippen molar-refractivity contribution in [3.05, 3.63) is 87.3 Å². The predicted octanol–water partition coefficient (Wildman–Crippen LogP) is 3.98. The average molecular weight is 413 g/mol. The molecule has 0 bridgehead atoms. The first-order valence-electron chi connectivity index (χ1n) is 7.84. The van der Waals surface area contributed by atoms with E-state index in [9.17, 15) is 19.2 Å². The molecule has 5 aromatic rings. The molecule has 1 aromatic heterocycles. The van der Waals surface area contributed by atoms with Crippen molar-refractivity contribution in [3.8, 4) is 0 Å². The summed E-state index contributed by atoms with van der Waals surface area (Å²) in [6.07, 6.45) is 0. The normalized spacial score (nSPS) is 11.9. The molecule has 4 nitrogen and oxygen atoms in total. The fourth-order valence-electron chi connectivity index (χ4n) is 3.57. The number of hydrogen-bond acceptors (Lipinski definition) is 5. The summed E-state index contributed by atoms with van der Waals surface area (Å²) < 4.78 is 0.132. The van der Waals surface area contributed by atoms with Gasteiger partial charge in [0.2, 0.25) is 10.9 Å². The van der Waals surface area contributed by atoms with Gasteiger partial charge in [-0.2, -0.15) is 0 Å². The first kappa shape index (κ1) is 16.6. The topological polar surface area (TPSA) is 68.3 Å². The molecule has 0 aliphatic carbocycles. The minimum Gasteiger partial charge on any atom is -0.289 e. The van der Waals surface area contributed by atoms with Crippen LogP contribution >= 0.6 is 34.5 Å². The molecule has 0 amide bonds. The third kappa shape index (κ3) is 1.99. The fraction of sp³-hybridized carbons (Fsp3) is 0. The standard InChI is InChI=1S/C20H6Cl2O4S/c21-9-5-1-3-7-11(9)17(25)19-13(15(7)23)14-16(24)8-4-2-6-10(22)12(8)18(26)20(14)27-19/h1-6H. The van der Waals surface area contributed by atoms with Gasteiger partial charge >= 0.3 is 0 Å². The van der Waals surface area contributed by atoms with E-state index in [1.54, 1.807) is 12.1 Å². The maximum Gasteiger partial charge on any atom is 0.205 e. The Labute approximate surface area is 163 Å². The third-order valence-electron chi connectivity index (χ3n) is 4.75. The lowest BCUT2D eigenvalue weighted by molar-refractivity contribution is 1.69. The van der Waals surface area contributed by atoms with Gasteiger partial charge in [-0.25, -0.2) is 0 Å². The summed E-state index contributed by atoms with van der Waals surface area (Å²) in [5.74, 6) is 0. The molecule has 0 atom stereocenters. The maximum absolute atomic E-state index is 13.1. The molecule has 0 N–H and O–H groups in total. The summed E-state index contributed by atoms with van der Waals surface area (Å²) in [6.45, 7) is 0. The van der Waals surface area contributed by atoms with Gasteiger partial charge in [-0.15, -0.1) is 11.3 Å². The van der Waals surface area contributed by atoms with Crippen molar-refractivity contribution in [1.82, 2.24) is 0 Å². The Morgan fingerprint density at radius 1 is 0.556 bits per heavy atom. The Morgan fingerprint density at radius 2 is 0.963 bits per heavy atom. The van der Waals surface area contributed by atoms with E-state index in [0.717, 1.165) is 11.3 Å². The summed E-state index contributed by atoms with van der Waals surface area (Å²) in [7, 11) is 0. The molecule has 7 heteroatoms. The molecular weight excluding hydrogens is 407 g/mol.